The highest BCUT2D eigenvalue weighted by molar-refractivity contribution is 5.91. The van der Waals surface area contributed by atoms with Gasteiger partial charge in [-0.05, 0) is 44.0 Å². The van der Waals surface area contributed by atoms with Crippen molar-refractivity contribution in [3.8, 4) is 11.3 Å². The Balaban J connectivity index is 1.39. The molecule has 1 aliphatic heterocycles. The minimum atomic E-state index is -0.672. The SMILES string of the molecule is Cc1ccc2c(-c3ccc(F)cc3F)nc(N3CCO[C@H](c4cnn(C5CC5)c4)C3)nc2n1. The maximum atomic E-state index is 14.7. The van der Waals surface area contributed by atoms with E-state index >= 15 is 0 Å². The monoisotopic (exact) mass is 448 g/mol. The van der Waals surface area contributed by atoms with E-state index in [1.165, 1.54) is 25.0 Å². The Hall–Kier alpha value is -3.46. The molecule has 1 atom stereocenters. The van der Waals surface area contributed by atoms with Crippen molar-refractivity contribution in [3.05, 3.63) is 65.6 Å². The molecule has 7 nitrogen and oxygen atoms in total. The number of pyridine rings is 1. The summed E-state index contributed by atoms with van der Waals surface area (Å²) in [6.45, 7) is 3.51. The molecule has 6 rings (SSSR count). The van der Waals surface area contributed by atoms with Gasteiger partial charge in [0, 0.05) is 41.0 Å². The number of anilines is 1. The molecular formula is C24H22F2N6O. The minimum Gasteiger partial charge on any atom is -0.370 e. The van der Waals surface area contributed by atoms with E-state index in [2.05, 4.69) is 16.3 Å². The van der Waals surface area contributed by atoms with E-state index in [1.54, 1.807) is 0 Å². The standard InChI is InChI=1S/C24H22F2N6O/c1-14-2-6-19-22(18-7-3-16(25)10-20(18)26)29-24(30-23(19)28-14)31-8-9-33-21(13-31)15-11-27-32(12-15)17-4-5-17/h2-3,6-7,10-12,17,21H,4-5,8-9,13H2,1H3/t21-/m0/s1. The molecule has 0 N–H and O–H groups in total. The molecule has 0 bridgehead atoms. The molecule has 0 amide bonds. The number of rotatable bonds is 4. The van der Waals surface area contributed by atoms with Crippen LogP contribution in [0.15, 0.2) is 42.7 Å². The fraction of sp³-hybridized carbons (Fsp3) is 0.333. The average molecular weight is 448 g/mol. The quantitative estimate of drug-likeness (QED) is 0.461. The zero-order valence-electron chi connectivity index (χ0n) is 18.1. The van der Waals surface area contributed by atoms with Crippen LogP contribution in [0.5, 0.6) is 0 Å². The molecule has 1 aromatic carbocycles. The van der Waals surface area contributed by atoms with Gasteiger partial charge in [-0.1, -0.05) is 0 Å². The number of hydrogen-bond acceptors (Lipinski definition) is 6. The summed E-state index contributed by atoms with van der Waals surface area (Å²) in [5.41, 5.74) is 2.90. The van der Waals surface area contributed by atoms with E-state index in [1.807, 2.05) is 34.8 Å². The van der Waals surface area contributed by atoms with Gasteiger partial charge in [0.25, 0.3) is 0 Å². The molecule has 0 radical (unpaired) electrons. The van der Waals surface area contributed by atoms with Crippen LogP contribution >= 0.6 is 0 Å². The second kappa shape index (κ2) is 7.84. The van der Waals surface area contributed by atoms with Crippen molar-refractivity contribution in [2.45, 2.75) is 31.9 Å². The summed E-state index contributed by atoms with van der Waals surface area (Å²) in [6, 6.07) is 7.67. The first kappa shape index (κ1) is 20.2. The van der Waals surface area contributed by atoms with E-state index in [-0.39, 0.29) is 11.7 Å². The van der Waals surface area contributed by atoms with Crippen LogP contribution in [0.4, 0.5) is 14.7 Å². The second-order valence-corrected chi connectivity index (χ2v) is 8.61. The van der Waals surface area contributed by atoms with Crippen LogP contribution in [-0.2, 0) is 4.74 Å². The summed E-state index contributed by atoms with van der Waals surface area (Å²) in [6.07, 6.45) is 6.08. The number of aryl methyl sites for hydroxylation is 1. The molecule has 1 aliphatic carbocycles. The molecule has 2 aliphatic rings. The van der Waals surface area contributed by atoms with E-state index in [0.717, 1.165) is 17.3 Å². The predicted molar refractivity (Wildman–Crippen MR) is 119 cm³/mol. The van der Waals surface area contributed by atoms with Crippen LogP contribution in [0.25, 0.3) is 22.3 Å². The number of ether oxygens (including phenoxy) is 1. The summed E-state index contributed by atoms with van der Waals surface area (Å²) < 4.78 is 36.3. The third-order valence-electron chi connectivity index (χ3n) is 6.14. The number of benzene rings is 1. The van der Waals surface area contributed by atoms with Crippen molar-refractivity contribution < 1.29 is 13.5 Å². The molecule has 168 valence electrons. The van der Waals surface area contributed by atoms with Crippen molar-refractivity contribution in [2.24, 2.45) is 0 Å². The number of aromatic nitrogens is 5. The van der Waals surface area contributed by atoms with E-state index < -0.39 is 11.6 Å². The van der Waals surface area contributed by atoms with Gasteiger partial charge in [-0.2, -0.15) is 10.1 Å². The highest BCUT2D eigenvalue weighted by atomic mass is 19.1. The van der Waals surface area contributed by atoms with Crippen LogP contribution in [-0.4, -0.2) is 44.4 Å². The second-order valence-electron chi connectivity index (χ2n) is 8.61. The fourth-order valence-electron chi connectivity index (χ4n) is 4.21. The Bertz CT molecular complexity index is 1350. The van der Waals surface area contributed by atoms with Crippen molar-refractivity contribution in [3.63, 3.8) is 0 Å². The smallest absolute Gasteiger partial charge is 0.228 e. The van der Waals surface area contributed by atoms with Crippen LogP contribution in [0.2, 0.25) is 0 Å². The predicted octanol–water partition coefficient (Wildman–Crippen LogP) is 4.39. The van der Waals surface area contributed by atoms with Gasteiger partial charge in [0.2, 0.25) is 5.95 Å². The van der Waals surface area contributed by atoms with E-state index in [0.29, 0.717) is 48.4 Å². The van der Waals surface area contributed by atoms with Gasteiger partial charge in [0.05, 0.1) is 31.1 Å². The summed E-state index contributed by atoms with van der Waals surface area (Å²) >= 11 is 0. The minimum absolute atomic E-state index is 0.165. The molecule has 33 heavy (non-hydrogen) atoms. The molecule has 0 unspecified atom stereocenters. The normalized spacial score (nSPS) is 18.8. The van der Waals surface area contributed by atoms with Crippen molar-refractivity contribution >= 4 is 17.0 Å². The lowest BCUT2D eigenvalue weighted by atomic mass is 10.1. The number of halogens is 2. The maximum absolute atomic E-state index is 14.7. The first-order chi connectivity index (χ1) is 16.0. The zero-order chi connectivity index (χ0) is 22.5. The lowest BCUT2D eigenvalue weighted by Crippen LogP contribution is -2.39. The van der Waals surface area contributed by atoms with Gasteiger partial charge in [-0.3, -0.25) is 4.68 Å². The summed E-state index contributed by atoms with van der Waals surface area (Å²) in [5, 5.41) is 5.09. The first-order valence-electron chi connectivity index (χ1n) is 11.1. The Labute approximate surface area is 189 Å². The Morgan fingerprint density at radius 3 is 2.76 bits per heavy atom. The lowest BCUT2D eigenvalue weighted by molar-refractivity contribution is 0.0392. The van der Waals surface area contributed by atoms with Gasteiger partial charge in [0.15, 0.2) is 5.65 Å². The number of morpholine rings is 1. The molecule has 3 aromatic heterocycles. The van der Waals surface area contributed by atoms with E-state index in [9.17, 15) is 8.78 Å². The fourth-order valence-corrected chi connectivity index (χ4v) is 4.21. The molecule has 4 heterocycles. The van der Waals surface area contributed by atoms with Crippen LogP contribution in [0, 0.1) is 18.6 Å². The number of fused-ring (bicyclic) bond motifs is 1. The summed E-state index contributed by atoms with van der Waals surface area (Å²) in [4.78, 5) is 16.0. The first-order valence-corrected chi connectivity index (χ1v) is 11.1. The van der Waals surface area contributed by atoms with Gasteiger partial charge >= 0.3 is 0 Å². The van der Waals surface area contributed by atoms with Gasteiger partial charge < -0.3 is 9.64 Å². The molecule has 9 heteroatoms. The molecule has 2 fully saturated rings. The topological polar surface area (TPSA) is 69.0 Å². The van der Waals surface area contributed by atoms with Gasteiger partial charge in [0.1, 0.15) is 17.7 Å². The highest BCUT2D eigenvalue weighted by Crippen LogP contribution is 2.36. The maximum Gasteiger partial charge on any atom is 0.228 e. The largest absolute Gasteiger partial charge is 0.370 e. The molecule has 1 saturated heterocycles. The van der Waals surface area contributed by atoms with E-state index in [4.69, 9.17) is 14.7 Å². The number of hydrogen-bond donors (Lipinski definition) is 0. The molecule has 4 aromatic rings. The molecular weight excluding hydrogens is 426 g/mol. The highest BCUT2D eigenvalue weighted by Gasteiger charge is 2.29. The molecule has 1 saturated carbocycles. The molecule has 0 spiro atoms. The summed E-state index contributed by atoms with van der Waals surface area (Å²) in [7, 11) is 0. The van der Waals surface area contributed by atoms with Gasteiger partial charge in [-0.25, -0.2) is 18.7 Å². The number of nitrogens with zero attached hydrogens (tertiary/aromatic N) is 6. The van der Waals surface area contributed by atoms with Crippen LogP contribution in [0.1, 0.15) is 36.2 Å². The third kappa shape index (κ3) is 3.82. The average Bonchev–Trinajstić information content (AvgIpc) is 3.54. The Kier molecular flexibility index (Phi) is 4.79. The Morgan fingerprint density at radius 1 is 1.06 bits per heavy atom. The Morgan fingerprint density at radius 2 is 1.94 bits per heavy atom. The third-order valence-corrected chi connectivity index (χ3v) is 6.14. The lowest BCUT2D eigenvalue weighted by Gasteiger charge is -2.32. The summed E-state index contributed by atoms with van der Waals surface area (Å²) in [5.74, 6) is -0.859. The van der Waals surface area contributed by atoms with Crippen LogP contribution < -0.4 is 4.90 Å². The van der Waals surface area contributed by atoms with Crippen molar-refractivity contribution in [1.82, 2.24) is 24.7 Å². The van der Waals surface area contributed by atoms with Crippen molar-refractivity contribution in [1.29, 1.82) is 0 Å². The zero-order valence-corrected chi connectivity index (χ0v) is 18.1. The van der Waals surface area contributed by atoms with Gasteiger partial charge in [-0.15, -0.1) is 0 Å². The van der Waals surface area contributed by atoms with Crippen LogP contribution in [0.3, 0.4) is 0 Å². The van der Waals surface area contributed by atoms with Crippen molar-refractivity contribution in [2.75, 3.05) is 24.6 Å².